The molecule has 6 aromatic heterocycles. The maximum Gasteiger partial charge on any atom is 2.00 e. The van der Waals surface area contributed by atoms with Crippen molar-refractivity contribution in [2.75, 3.05) is 0 Å². The molecule has 0 amide bonds. The summed E-state index contributed by atoms with van der Waals surface area (Å²) in [6.45, 7) is 0. The minimum Gasteiger partial charge on any atom is -0.546 e. The van der Waals surface area contributed by atoms with Gasteiger partial charge < -0.3 is 29.3 Å². The van der Waals surface area contributed by atoms with E-state index in [1.165, 1.54) is 48.5 Å². The number of benzene rings is 2. The third kappa shape index (κ3) is 18.8. The van der Waals surface area contributed by atoms with Crippen LogP contribution < -0.4 is 10.2 Å². The minimum absolute atomic E-state index is 0. The van der Waals surface area contributed by atoms with Crippen LogP contribution in [0.4, 0.5) is 0 Å². The SMILES string of the molecule is O=C(O[C@@H](C(=O)[O-])[C@@H](OC(=O)c1ccccc1)C(=O)[O-])c1ccccc1.[Ru+2].c1ccc(-c2ccccn2)nc1.c1ccc(-c2ccccn2)nc1.c1ccncc1.c1ccncc1. The number of aliphatic carboxylic acids is 2. The third-order valence-electron chi connectivity index (χ3n) is 7.54. The summed E-state index contributed by atoms with van der Waals surface area (Å²) in [7, 11) is 0. The molecule has 8 aromatic rings. The summed E-state index contributed by atoms with van der Waals surface area (Å²) < 4.78 is 9.32. The fourth-order valence-electron chi connectivity index (χ4n) is 4.66. The molecule has 0 saturated carbocycles. The molecule has 0 fully saturated rings. The molecule has 0 saturated heterocycles. The van der Waals surface area contributed by atoms with E-state index in [4.69, 9.17) is 0 Å². The third-order valence-corrected chi connectivity index (χ3v) is 7.54. The summed E-state index contributed by atoms with van der Waals surface area (Å²) >= 11 is 0. The maximum atomic E-state index is 12.0. The molecular weight excluding hydrogens is 890 g/mol. The van der Waals surface area contributed by atoms with Gasteiger partial charge >= 0.3 is 31.4 Å². The van der Waals surface area contributed by atoms with Gasteiger partial charge in [0.05, 0.1) is 45.8 Å². The zero-order valence-electron chi connectivity index (χ0n) is 33.2. The van der Waals surface area contributed by atoms with Crippen LogP contribution in [0.1, 0.15) is 20.7 Å². The quantitative estimate of drug-likeness (QED) is 0.131. The number of carboxylic acids is 2. The second-order valence-electron chi connectivity index (χ2n) is 11.9. The van der Waals surface area contributed by atoms with Crippen molar-refractivity contribution in [3.63, 3.8) is 0 Å². The number of hydrogen-bond donors (Lipinski definition) is 0. The number of carbonyl (C=O) groups excluding carboxylic acids is 4. The van der Waals surface area contributed by atoms with Crippen LogP contribution in [0.2, 0.25) is 0 Å². The van der Waals surface area contributed by atoms with Gasteiger partial charge in [0.2, 0.25) is 0 Å². The van der Waals surface area contributed by atoms with Gasteiger partial charge in [0, 0.05) is 49.6 Å². The largest absolute Gasteiger partial charge is 2.00 e. The fraction of sp³-hybridized carbons (Fsp3) is 0.0417. The Morgan fingerprint density at radius 2 is 0.587 bits per heavy atom. The van der Waals surface area contributed by atoms with Crippen LogP contribution in [-0.2, 0) is 38.5 Å². The normalized spacial score (nSPS) is 10.3. The first-order valence-electron chi connectivity index (χ1n) is 18.6. The van der Waals surface area contributed by atoms with Crippen LogP contribution in [0.25, 0.3) is 22.8 Å². The molecule has 14 nitrogen and oxygen atoms in total. The molecule has 0 bridgehead atoms. The first-order chi connectivity index (χ1) is 30.3. The predicted octanol–water partition coefficient (Wildman–Crippen LogP) is 5.39. The Morgan fingerprint density at radius 1 is 0.349 bits per heavy atom. The number of nitrogens with zero attached hydrogens (tertiary/aromatic N) is 6. The van der Waals surface area contributed by atoms with E-state index in [0.29, 0.717) is 0 Å². The van der Waals surface area contributed by atoms with E-state index in [0.717, 1.165) is 22.8 Å². The number of aromatic nitrogens is 6. The van der Waals surface area contributed by atoms with Gasteiger partial charge in [0.1, 0.15) is 0 Å². The Morgan fingerprint density at radius 3 is 0.778 bits per heavy atom. The molecule has 0 aliphatic carbocycles. The van der Waals surface area contributed by atoms with Gasteiger partial charge in [-0.1, -0.05) is 72.8 Å². The van der Waals surface area contributed by atoms with Crippen LogP contribution in [0.15, 0.2) is 219 Å². The number of carbonyl (C=O) groups is 4. The van der Waals surface area contributed by atoms with Gasteiger partial charge in [0.25, 0.3) is 0 Å². The summed E-state index contributed by atoms with van der Waals surface area (Å²) in [5.41, 5.74) is 3.61. The Bertz CT molecular complexity index is 2150. The van der Waals surface area contributed by atoms with Gasteiger partial charge in [-0.25, -0.2) is 9.59 Å². The average molecular weight is 928 g/mol. The van der Waals surface area contributed by atoms with E-state index < -0.39 is 36.1 Å². The predicted molar refractivity (Wildman–Crippen MR) is 225 cm³/mol. The average Bonchev–Trinajstić information content (AvgIpc) is 3.36. The molecule has 2 aromatic carbocycles. The monoisotopic (exact) mass is 928 g/mol. The zero-order valence-corrected chi connectivity index (χ0v) is 35.0. The van der Waals surface area contributed by atoms with E-state index in [-0.39, 0.29) is 30.6 Å². The van der Waals surface area contributed by atoms with Crippen LogP contribution in [0, 0.1) is 0 Å². The molecule has 0 N–H and O–H groups in total. The number of rotatable bonds is 9. The van der Waals surface area contributed by atoms with Crippen molar-refractivity contribution in [3.05, 3.63) is 231 Å². The Balaban J connectivity index is 0.000000236. The summed E-state index contributed by atoms with van der Waals surface area (Å²) in [6, 6.07) is 49.2. The molecule has 0 unspecified atom stereocenters. The second kappa shape index (κ2) is 29.1. The molecule has 316 valence electrons. The van der Waals surface area contributed by atoms with E-state index in [1.807, 2.05) is 109 Å². The smallest absolute Gasteiger partial charge is 0.546 e. The van der Waals surface area contributed by atoms with Crippen molar-refractivity contribution in [1.29, 1.82) is 0 Å². The van der Waals surface area contributed by atoms with E-state index >= 15 is 0 Å². The van der Waals surface area contributed by atoms with Crippen LogP contribution in [0.3, 0.4) is 0 Å². The number of ether oxygens (including phenoxy) is 2. The standard InChI is InChI=1S/C18H14O8.2C10H8N2.2C5H5N.Ru/c19-15(20)13(25-17(23)11-7-3-1-4-8-11)14(16(21)22)26-18(24)12-9-5-2-6-10-12;2*1-3-7-11-9(5-1)10-6-2-4-8-12-10;2*1-2-4-6-5-3-1;/h1-10,13-14H,(H,19,20)(H,21,22);2*1-8H;2*1-5H;/q;;;;;+2/p-2/t13-,14-;;;;;/m1...../s1. The Labute approximate surface area is 376 Å². The molecule has 63 heavy (non-hydrogen) atoms. The summed E-state index contributed by atoms with van der Waals surface area (Å²) in [5, 5.41) is 22.5. The number of pyridine rings is 6. The number of hydrogen-bond acceptors (Lipinski definition) is 14. The van der Waals surface area contributed by atoms with E-state index in [9.17, 15) is 29.4 Å². The summed E-state index contributed by atoms with van der Waals surface area (Å²) in [4.78, 5) is 70.8. The van der Waals surface area contributed by atoms with Gasteiger partial charge in [0.15, 0.2) is 12.2 Å². The first-order valence-corrected chi connectivity index (χ1v) is 18.6. The van der Waals surface area contributed by atoms with Crippen molar-refractivity contribution in [2.24, 2.45) is 0 Å². The summed E-state index contributed by atoms with van der Waals surface area (Å²) in [5.74, 6) is -6.35. The fourth-order valence-corrected chi connectivity index (χ4v) is 4.66. The molecule has 0 aliphatic heterocycles. The molecule has 2 atom stereocenters. The Hall–Kier alpha value is -8.16. The van der Waals surface area contributed by atoms with Gasteiger partial charge in [-0.05, 0) is 97.1 Å². The second-order valence-corrected chi connectivity index (χ2v) is 11.9. The zero-order chi connectivity index (χ0) is 44.0. The van der Waals surface area contributed by atoms with Crippen LogP contribution >= 0.6 is 0 Å². The molecule has 0 aliphatic rings. The van der Waals surface area contributed by atoms with Crippen molar-refractivity contribution in [1.82, 2.24) is 29.9 Å². The maximum absolute atomic E-state index is 12.0. The van der Waals surface area contributed by atoms with E-state index in [2.05, 4.69) is 39.4 Å². The minimum atomic E-state index is -2.39. The van der Waals surface area contributed by atoms with E-state index in [1.54, 1.807) is 61.7 Å². The summed E-state index contributed by atoms with van der Waals surface area (Å²) in [6.07, 6.45) is 9.29. The van der Waals surface area contributed by atoms with Gasteiger partial charge in [-0.2, -0.15) is 0 Å². The van der Waals surface area contributed by atoms with Crippen LogP contribution in [-0.4, -0.2) is 66.0 Å². The Kier molecular flexibility index (Phi) is 22.8. The van der Waals surface area contributed by atoms with Crippen molar-refractivity contribution in [2.45, 2.75) is 12.2 Å². The van der Waals surface area contributed by atoms with Crippen molar-refractivity contribution in [3.8, 4) is 22.8 Å². The topological polar surface area (TPSA) is 210 Å². The molecular formula is C48H38N6O8Ru. The van der Waals surface area contributed by atoms with Gasteiger partial charge in [-0.15, -0.1) is 0 Å². The molecule has 0 radical (unpaired) electrons. The molecule has 0 spiro atoms. The van der Waals surface area contributed by atoms with Crippen LogP contribution in [0.5, 0.6) is 0 Å². The van der Waals surface area contributed by atoms with Crippen molar-refractivity contribution >= 4 is 23.9 Å². The molecule has 8 rings (SSSR count). The molecule has 6 heterocycles. The number of carboxylic acid groups (broad SMARTS) is 2. The van der Waals surface area contributed by atoms with Gasteiger partial charge in [-0.3, -0.25) is 29.9 Å². The molecule has 15 heteroatoms. The number of esters is 2. The first kappa shape index (κ1) is 49.2. The van der Waals surface area contributed by atoms with Crippen molar-refractivity contribution < 1.29 is 58.3 Å².